The highest BCUT2D eigenvalue weighted by Crippen LogP contribution is 2.55. The van der Waals surface area contributed by atoms with E-state index in [1.165, 1.54) is 55.3 Å². The summed E-state index contributed by atoms with van der Waals surface area (Å²) < 4.78 is 6.55. The van der Waals surface area contributed by atoms with Crippen LogP contribution in [0.4, 0.5) is 0 Å². The maximum atomic E-state index is 6.55. The Morgan fingerprint density at radius 3 is 2.35 bits per heavy atom. The minimum Gasteiger partial charge on any atom is -0.455 e. The second kappa shape index (κ2) is 6.34. The highest BCUT2D eigenvalue weighted by atomic mass is 16.3. The molecule has 1 heteroatoms. The van der Waals surface area contributed by atoms with Crippen LogP contribution < -0.4 is 0 Å². The summed E-state index contributed by atoms with van der Waals surface area (Å²) >= 11 is 0. The first-order valence-corrected chi connectivity index (χ1v) is 11.2. The standard InChI is InChI=1S/C30H26O/c1-5-19-14-15-21-24(16-19)30(3,4)25-17-23(20-11-7-6-10-18(20)2)29-28(27(21)25)22-12-8-9-13-26(22)31-29/h6-17H,5H2,1-4H3. The third-order valence-corrected chi connectivity index (χ3v) is 7.19. The van der Waals surface area contributed by atoms with Gasteiger partial charge in [0.2, 0.25) is 0 Å². The molecule has 0 radical (unpaired) electrons. The van der Waals surface area contributed by atoms with Crippen molar-refractivity contribution >= 4 is 21.9 Å². The first-order chi connectivity index (χ1) is 15.0. The quantitative estimate of drug-likeness (QED) is 0.289. The summed E-state index contributed by atoms with van der Waals surface area (Å²) in [6, 6.07) is 26.5. The van der Waals surface area contributed by atoms with E-state index in [1.807, 2.05) is 0 Å². The number of para-hydroxylation sites is 1. The summed E-state index contributed by atoms with van der Waals surface area (Å²) in [5, 5.41) is 2.45. The Hall–Kier alpha value is -3.32. The molecule has 0 fully saturated rings. The monoisotopic (exact) mass is 402 g/mol. The van der Waals surface area contributed by atoms with Crippen molar-refractivity contribution in [3.8, 4) is 22.3 Å². The van der Waals surface area contributed by atoms with Crippen LogP contribution in [-0.4, -0.2) is 0 Å². The molecule has 0 saturated carbocycles. The highest BCUT2D eigenvalue weighted by molar-refractivity contribution is 6.18. The number of benzene rings is 4. The summed E-state index contributed by atoms with van der Waals surface area (Å²) in [5.74, 6) is 0. The van der Waals surface area contributed by atoms with E-state index < -0.39 is 0 Å². The number of hydrogen-bond donors (Lipinski definition) is 0. The van der Waals surface area contributed by atoms with Gasteiger partial charge in [-0.25, -0.2) is 0 Å². The van der Waals surface area contributed by atoms with Crippen LogP contribution in [0.1, 0.15) is 43.0 Å². The van der Waals surface area contributed by atoms with Gasteiger partial charge >= 0.3 is 0 Å². The van der Waals surface area contributed by atoms with Gasteiger partial charge in [0.15, 0.2) is 0 Å². The lowest BCUT2D eigenvalue weighted by Gasteiger charge is -2.23. The predicted molar refractivity (Wildman–Crippen MR) is 131 cm³/mol. The molecular formula is C30H26O. The smallest absolute Gasteiger partial charge is 0.143 e. The van der Waals surface area contributed by atoms with Gasteiger partial charge in [-0.1, -0.05) is 81.4 Å². The second-order valence-electron chi connectivity index (χ2n) is 9.32. The Balaban J connectivity index is 1.82. The highest BCUT2D eigenvalue weighted by Gasteiger charge is 2.38. The fraction of sp³-hybridized carbons (Fsp3) is 0.200. The zero-order chi connectivity index (χ0) is 21.3. The van der Waals surface area contributed by atoms with Crippen LogP contribution >= 0.6 is 0 Å². The summed E-state index contributed by atoms with van der Waals surface area (Å²) in [5.41, 5.74) is 12.5. The van der Waals surface area contributed by atoms with Crippen molar-refractivity contribution in [3.63, 3.8) is 0 Å². The molecule has 1 nitrogen and oxygen atoms in total. The normalized spacial score (nSPS) is 14.2. The van der Waals surface area contributed by atoms with Crippen molar-refractivity contribution in [3.05, 3.63) is 95.1 Å². The van der Waals surface area contributed by atoms with Crippen molar-refractivity contribution in [2.24, 2.45) is 0 Å². The van der Waals surface area contributed by atoms with E-state index in [0.29, 0.717) is 0 Å². The maximum Gasteiger partial charge on any atom is 0.143 e. The molecule has 0 unspecified atom stereocenters. The average molecular weight is 403 g/mol. The summed E-state index contributed by atoms with van der Waals surface area (Å²) in [7, 11) is 0. The first-order valence-electron chi connectivity index (χ1n) is 11.2. The van der Waals surface area contributed by atoms with Gasteiger partial charge in [-0.15, -0.1) is 0 Å². The average Bonchev–Trinajstić information content (AvgIpc) is 3.27. The Kier molecular flexibility index (Phi) is 3.77. The summed E-state index contributed by atoms with van der Waals surface area (Å²) in [4.78, 5) is 0. The van der Waals surface area contributed by atoms with Crippen LogP contribution in [0.5, 0.6) is 0 Å². The van der Waals surface area contributed by atoms with Crippen molar-refractivity contribution < 1.29 is 4.42 Å². The van der Waals surface area contributed by atoms with Crippen molar-refractivity contribution in [2.75, 3.05) is 0 Å². The Morgan fingerprint density at radius 1 is 0.774 bits per heavy atom. The van der Waals surface area contributed by atoms with Crippen LogP contribution in [0.25, 0.3) is 44.2 Å². The van der Waals surface area contributed by atoms with Gasteiger partial charge in [-0.3, -0.25) is 0 Å². The van der Waals surface area contributed by atoms with E-state index in [0.717, 1.165) is 17.6 Å². The third kappa shape index (κ3) is 2.44. The van der Waals surface area contributed by atoms with Gasteiger partial charge in [0, 0.05) is 21.8 Å². The number of aryl methyl sites for hydroxylation is 2. The minimum absolute atomic E-state index is 0.0557. The van der Waals surface area contributed by atoms with E-state index in [2.05, 4.69) is 100 Å². The molecule has 1 aliphatic rings. The SMILES string of the molecule is CCc1ccc2c(c1)C(C)(C)c1cc(-c3ccccc3C)c3oc4ccccc4c3c1-2. The molecular weight excluding hydrogens is 376 g/mol. The van der Waals surface area contributed by atoms with Gasteiger partial charge in [-0.2, -0.15) is 0 Å². The second-order valence-corrected chi connectivity index (χ2v) is 9.32. The third-order valence-electron chi connectivity index (χ3n) is 7.19. The molecule has 0 N–H and O–H groups in total. The molecule has 152 valence electrons. The molecule has 31 heavy (non-hydrogen) atoms. The molecule has 0 saturated heterocycles. The molecule has 0 amide bonds. The number of hydrogen-bond acceptors (Lipinski definition) is 1. The van der Waals surface area contributed by atoms with Crippen LogP contribution in [0.2, 0.25) is 0 Å². The molecule has 6 rings (SSSR count). The van der Waals surface area contributed by atoms with Crippen molar-refractivity contribution in [1.82, 2.24) is 0 Å². The maximum absolute atomic E-state index is 6.55. The molecule has 0 bridgehead atoms. The van der Waals surface area contributed by atoms with E-state index >= 15 is 0 Å². The molecule has 4 aromatic carbocycles. The Labute approximate surface area is 183 Å². The summed E-state index contributed by atoms with van der Waals surface area (Å²) in [6.07, 6.45) is 1.05. The Morgan fingerprint density at radius 2 is 1.55 bits per heavy atom. The van der Waals surface area contributed by atoms with Crippen LogP contribution in [0, 0.1) is 6.92 Å². The zero-order valence-electron chi connectivity index (χ0n) is 18.5. The molecule has 0 spiro atoms. The molecule has 0 atom stereocenters. The lowest BCUT2D eigenvalue weighted by molar-refractivity contribution is 0.656. The van der Waals surface area contributed by atoms with Crippen molar-refractivity contribution in [2.45, 2.75) is 39.5 Å². The van der Waals surface area contributed by atoms with E-state index in [4.69, 9.17) is 4.42 Å². The lowest BCUT2D eigenvalue weighted by Crippen LogP contribution is -2.15. The van der Waals surface area contributed by atoms with Crippen LogP contribution in [0.3, 0.4) is 0 Å². The first kappa shape index (κ1) is 18.4. The summed E-state index contributed by atoms with van der Waals surface area (Å²) in [6.45, 7) is 9.15. The minimum atomic E-state index is -0.0557. The molecule has 1 aliphatic carbocycles. The van der Waals surface area contributed by atoms with Gasteiger partial charge < -0.3 is 4.42 Å². The Bertz CT molecular complexity index is 1500. The predicted octanol–water partition coefficient (Wildman–Crippen LogP) is 8.43. The molecule has 1 heterocycles. The van der Waals surface area contributed by atoms with Gasteiger partial charge in [0.1, 0.15) is 11.2 Å². The van der Waals surface area contributed by atoms with E-state index in [1.54, 1.807) is 0 Å². The zero-order valence-corrected chi connectivity index (χ0v) is 18.5. The lowest BCUT2D eigenvalue weighted by atomic mass is 9.80. The van der Waals surface area contributed by atoms with E-state index in [9.17, 15) is 0 Å². The molecule has 0 aliphatic heterocycles. The van der Waals surface area contributed by atoms with Gasteiger partial charge in [-0.05, 0) is 64.4 Å². The van der Waals surface area contributed by atoms with E-state index in [-0.39, 0.29) is 5.41 Å². The van der Waals surface area contributed by atoms with Gasteiger partial charge in [0.25, 0.3) is 0 Å². The largest absolute Gasteiger partial charge is 0.455 e. The molecule has 1 aromatic heterocycles. The van der Waals surface area contributed by atoms with Crippen LogP contribution in [0.15, 0.2) is 77.2 Å². The molecule has 5 aromatic rings. The fourth-order valence-electron chi connectivity index (χ4n) is 5.44. The topological polar surface area (TPSA) is 13.1 Å². The van der Waals surface area contributed by atoms with Gasteiger partial charge in [0.05, 0.1) is 0 Å². The van der Waals surface area contributed by atoms with Crippen molar-refractivity contribution in [1.29, 1.82) is 0 Å². The fourth-order valence-corrected chi connectivity index (χ4v) is 5.44. The number of fused-ring (bicyclic) bond motifs is 7. The number of rotatable bonds is 2. The van der Waals surface area contributed by atoms with Crippen LogP contribution in [-0.2, 0) is 11.8 Å². The number of furan rings is 1.